The molecule has 0 aliphatic heterocycles. The molecule has 2 aromatic heterocycles. The summed E-state index contributed by atoms with van der Waals surface area (Å²) < 4.78 is 10.6. The van der Waals surface area contributed by atoms with Gasteiger partial charge in [0.05, 0.1) is 0 Å². The molecule has 3 aromatic rings. The van der Waals surface area contributed by atoms with E-state index in [0.717, 1.165) is 30.2 Å². The van der Waals surface area contributed by atoms with Gasteiger partial charge < -0.3 is 9.15 Å². The zero-order valence-corrected chi connectivity index (χ0v) is 13.5. The maximum absolute atomic E-state index is 12.0. The Morgan fingerprint density at radius 3 is 2.87 bits per heavy atom. The lowest BCUT2D eigenvalue weighted by molar-refractivity contribution is 0.0740. The molecule has 0 unspecified atom stereocenters. The molecule has 5 heteroatoms. The van der Waals surface area contributed by atoms with Crippen LogP contribution in [0.1, 0.15) is 35.0 Å². The van der Waals surface area contributed by atoms with Crippen molar-refractivity contribution in [1.29, 1.82) is 0 Å². The summed E-state index contributed by atoms with van der Waals surface area (Å²) in [6.45, 7) is 2.11. The van der Waals surface area contributed by atoms with Crippen LogP contribution in [0.3, 0.4) is 0 Å². The second kappa shape index (κ2) is 6.79. The molecule has 0 spiro atoms. The summed E-state index contributed by atoms with van der Waals surface area (Å²) in [6, 6.07) is 10.2. The molecule has 4 nitrogen and oxygen atoms in total. The van der Waals surface area contributed by atoms with E-state index in [4.69, 9.17) is 9.15 Å². The molecule has 0 aliphatic carbocycles. The molecule has 0 bridgehead atoms. The highest BCUT2D eigenvalue weighted by atomic mass is 32.1. The van der Waals surface area contributed by atoms with Gasteiger partial charge in [0.1, 0.15) is 16.2 Å². The molecule has 2 heterocycles. The summed E-state index contributed by atoms with van der Waals surface area (Å²) in [6.07, 6.45) is 2.89. The van der Waals surface area contributed by atoms with Gasteiger partial charge in [-0.05, 0) is 42.0 Å². The number of thiophene rings is 1. The van der Waals surface area contributed by atoms with Crippen LogP contribution < -0.4 is 10.4 Å². The van der Waals surface area contributed by atoms with Crippen molar-refractivity contribution in [1.82, 2.24) is 0 Å². The normalized spacial score (nSPS) is 10.8. The van der Waals surface area contributed by atoms with Gasteiger partial charge in [0.25, 0.3) is 0 Å². The first-order valence-corrected chi connectivity index (χ1v) is 8.38. The number of ether oxygens (including phenoxy) is 1. The Labute approximate surface area is 137 Å². The van der Waals surface area contributed by atoms with Crippen molar-refractivity contribution in [2.45, 2.75) is 26.2 Å². The predicted octanol–water partition coefficient (Wildman–Crippen LogP) is 4.42. The highest BCUT2D eigenvalue weighted by Crippen LogP contribution is 2.24. The maximum atomic E-state index is 12.0. The summed E-state index contributed by atoms with van der Waals surface area (Å²) in [5.41, 5.74) is 1.03. The Kier molecular flexibility index (Phi) is 4.57. The number of unbranched alkanes of at least 4 members (excludes halogenated alkanes) is 1. The first-order chi connectivity index (χ1) is 11.2. The van der Waals surface area contributed by atoms with Gasteiger partial charge in [-0.25, -0.2) is 9.59 Å². The molecule has 0 N–H and O–H groups in total. The second-order valence-corrected chi connectivity index (χ2v) is 6.17. The van der Waals surface area contributed by atoms with Gasteiger partial charge in [0.15, 0.2) is 0 Å². The minimum Gasteiger partial charge on any atom is -0.423 e. The zero-order chi connectivity index (χ0) is 16.2. The van der Waals surface area contributed by atoms with Crippen LogP contribution in [0.25, 0.3) is 11.0 Å². The lowest BCUT2D eigenvalue weighted by Gasteiger charge is -2.07. The maximum Gasteiger partial charge on any atom is 0.353 e. The van der Waals surface area contributed by atoms with Crippen LogP contribution in [0.2, 0.25) is 0 Å². The smallest absolute Gasteiger partial charge is 0.353 e. The number of rotatable bonds is 5. The van der Waals surface area contributed by atoms with E-state index in [0.29, 0.717) is 16.2 Å². The van der Waals surface area contributed by atoms with Gasteiger partial charge in [0, 0.05) is 17.5 Å². The highest BCUT2D eigenvalue weighted by Gasteiger charge is 2.12. The minimum atomic E-state index is -0.413. The highest BCUT2D eigenvalue weighted by molar-refractivity contribution is 7.12. The number of benzene rings is 1. The predicted molar refractivity (Wildman–Crippen MR) is 90.4 cm³/mol. The van der Waals surface area contributed by atoms with E-state index in [1.807, 2.05) is 11.4 Å². The molecule has 0 radical (unpaired) electrons. The number of esters is 1. The van der Waals surface area contributed by atoms with Gasteiger partial charge in [0.2, 0.25) is 0 Å². The first kappa shape index (κ1) is 15.5. The van der Waals surface area contributed by atoms with Gasteiger partial charge in [-0.2, -0.15) is 0 Å². The topological polar surface area (TPSA) is 56.5 Å². The van der Waals surface area contributed by atoms with Gasteiger partial charge in [-0.1, -0.05) is 19.4 Å². The molecule has 0 fully saturated rings. The van der Waals surface area contributed by atoms with E-state index in [9.17, 15) is 9.59 Å². The number of carbonyl (C=O) groups is 1. The van der Waals surface area contributed by atoms with Crippen LogP contribution in [0.5, 0.6) is 5.75 Å². The number of hydrogen-bond acceptors (Lipinski definition) is 5. The van der Waals surface area contributed by atoms with E-state index in [1.54, 1.807) is 24.3 Å². The van der Waals surface area contributed by atoms with Gasteiger partial charge in [-0.15, -0.1) is 11.3 Å². The summed E-state index contributed by atoms with van der Waals surface area (Å²) >= 11 is 1.32. The van der Waals surface area contributed by atoms with E-state index in [-0.39, 0.29) is 5.63 Å². The fourth-order valence-corrected chi connectivity index (χ4v) is 3.00. The Bertz CT molecular complexity index is 878. The van der Waals surface area contributed by atoms with Crippen molar-refractivity contribution in [2.24, 2.45) is 0 Å². The number of carbonyl (C=O) groups excluding carboxylic acids is 1. The van der Waals surface area contributed by atoms with Crippen molar-refractivity contribution >= 4 is 28.3 Å². The summed E-state index contributed by atoms with van der Waals surface area (Å²) in [5.74, 6) is -0.0458. The molecule has 0 aliphatic rings. The van der Waals surface area contributed by atoms with Crippen molar-refractivity contribution in [3.05, 3.63) is 62.6 Å². The largest absolute Gasteiger partial charge is 0.423 e. The number of fused-ring (bicyclic) bond motifs is 1. The Morgan fingerprint density at radius 2 is 2.13 bits per heavy atom. The number of aryl methyl sites for hydroxylation is 1. The van der Waals surface area contributed by atoms with E-state index < -0.39 is 5.97 Å². The molecule has 0 saturated carbocycles. The molecule has 0 atom stereocenters. The van der Waals surface area contributed by atoms with Crippen molar-refractivity contribution in [2.75, 3.05) is 0 Å². The third-order valence-electron chi connectivity index (χ3n) is 3.53. The van der Waals surface area contributed by atoms with Gasteiger partial charge in [-0.3, -0.25) is 0 Å². The quantitative estimate of drug-likeness (QED) is 0.395. The molecule has 118 valence electrons. The molecule has 23 heavy (non-hydrogen) atoms. The third kappa shape index (κ3) is 3.51. The monoisotopic (exact) mass is 328 g/mol. The van der Waals surface area contributed by atoms with Crippen LogP contribution in [0.15, 0.2) is 51.0 Å². The van der Waals surface area contributed by atoms with Crippen LogP contribution in [0, 0.1) is 0 Å². The molecule has 0 saturated heterocycles. The van der Waals surface area contributed by atoms with Crippen molar-refractivity contribution < 1.29 is 13.9 Å². The zero-order valence-electron chi connectivity index (χ0n) is 12.7. The fraction of sp³-hybridized carbons (Fsp3) is 0.222. The van der Waals surface area contributed by atoms with Gasteiger partial charge >= 0.3 is 11.6 Å². The number of hydrogen-bond donors (Lipinski definition) is 0. The molecular weight excluding hydrogens is 312 g/mol. The SMILES string of the molecule is CCCCc1cc(=O)oc2cc(OC(=O)c3cccs3)ccc12. The van der Waals surface area contributed by atoms with Crippen LogP contribution in [0.4, 0.5) is 0 Å². The Balaban J connectivity index is 1.92. The van der Waals surface area contributed by atoms with Crippen molar-refractivity contribution in [3.63, 3.8) is 0 Å². The minimum absolute atomic E-state index is 0.367. The van der Waals surface area contributed by atoms with E-state index in [2.05, 4.69) is 6.92 Å². The van der Waals surface area contributed by atoms with E-state index >= 15 is 0 Å². The molecule has 1 aromatic carbocycles. The lowest BCUT2D eigenvalue weighted by atomic mass is 10.0. The average Bonchev–Trinajstić information content (AvgIpc) is 3.06. The Morgan fingerprint density at radius 1 is 1.26 bits per heavy atom. The standard InChI is InChI=1S/C18H16O4S/c1-2-3-5-12-10-17(19)22-15-11-13(7-8-14(12)15)21-18(20)16-6-4-9-23-16/h4,6-11H,2-3,5H2,1H3. The first-order valence-electron chi connectivity index (χ1n) is 7.50. The molecular formula is C18H16O4S. The Hall–Kier alpha value is -2.40. The third-order valence-corrected chi connectivity index (χ3v) is 4.38. The second-order valence-electron chi connectivity index (χ2n) is 5.22. The molecule has 3 rings (SSSR count). The summed E-state index contributed by atoms with van der Waals surface area (Å²) in [5, 5.41) is 2.70. The van der Waals surface area contributed by atoms with Crippen LogP contribution in [-0.4, -0.2) is 5.97 Å². The van der Waals surface area contributed by atoms with Crippen molar-refractivity contribution in [3.8, 4) is 5.75 Å². The molecule has 0 amide bonds. The summed E-state index contributed by atoms with van der Waals surface area (Å²) in [4.78, 5) is 24.2. The fourth-order valence-electron chi connectivity index (χ4n) is 2.40. The van der Waals surface area contributed by atoms with Crippen LogP contribution in [-0.2, 0) is 6.42 Å². The summed E-state index contributed by atoms with van der Waals surface area (Å²) in [7, 11) is 0. The van der Waals surface area contributed by atoms with E-state index in [1.165, 1.54) is 17.4 Å². The lowest BCUT2D eigenvalue weighted by Crippen LogP contribution is -2.06. The van der Waals surface area contributed by atoms with Crippen LogP contribution >= 0.6 is 11.3 Å². The average molecular weight is 328 g/mol.